The molecular formula is C23H29BrN2O4. The second kappa shape index (κ2) is 8.63. The van der Waals surface area contributed by atoms with E-state index in [1.54, 1.807) is 20.5 Å². The van der Waals surface area contributed by atoms with Gasteiger partial charge in [-0.25, -0.2) is 4.79 Å². The number of piperidine rings is 1. The molecule has 0 amide bonds. The predicted molar refractivity (Wildman–Crippen MR) is 120 cm³/mol. The van der Waals surface area contributed by atoms with E-state index in [1.807, 2.05) is 6.07 Å². The lowest BCUT2D eigenvalue weighted by molar-refractivity contribution is -0.137. The van der Waals surface area contributed by atoms with E-state index < -0.39 is 0 Å². The number of hydrogen-bond acceptors (Lipinski definition) is 5. The van der Waals surface area contributed by atoms with Gasteiger partial charge in [-0.1, -0.05) is 13.3 Å². The monoisotopic (exact) mass is 476 g/mol. The summed E-state index contributed by atoms with van der Waals surface area (Å²) in [6.45, 7) is 4.16. The van der Waals surface area contributed by atoms with Crippen LogP contribution in [-0.2, 0) is 20.7 Å². The van der Waals surface area contributed by atoms with Crippen LogP contribution >= 0.6 is 15.9 Å². The van der Waals surface area contributed by atoms with Crippen LogP contribution < -0.4 is 4.74 Å². The summed E-state index contributed by atoms with van der Waals surface area (Å²) in [5, 5.41) is 1.16. The number of aromatic nitrogens is 1. The molecule has 3 atom stereocenters. The minimum Gasteiger partial charge on any atom is -0.504 e. The van der Waals surface area contributed by atoms with Crippen molar-refractivity contribution in [2.45, 2.75) is 32.2 Å². The molecule has 2 aliphatic heterocycles. The number of ether oxygens (including phenoxy) is 3. The van der Waals surface area contributed by atoms with Gasteiger partial charge in [-0.05, 0) is 58.3 Å². The van der Waals surface area contributed by atoms with Gasteiger partial charge in [0.2, 0.25) is 0 Å². The zero-order valence-corrected chi connectivity index (χ0v) is 19.5. The summed E-state index contributed by atoms with van der Waals surface area (Å²) in [6, 6.07) is 4.35. The van der Waals surface area contributed by atoms with Crippen molar-refractivity contribution < 1.29 is 19.0 Å². The van der Waals surface area contributed by atoms with Crippen molar-refractivity contribution in [1.29, 1.82) is 0 Å². The third-order valence-electron chi connectivity index (χ3n) is 6.74. The minimum absolute atomic E-state index is 0.0923. The molecular weight excluding hydrogens is 448 g/mol. The molecule has 1 aromatic heterocycles. The molecule has 1 saturated heterocycles. The first-order valence-electron chi connectivity index (χ1n) is 10.5. The first kappa shape index (κ1) is 21.2. The summed E-state index contributed by atoms with van der Waals surface area (Å²) in [7, 11) is 4.73. The van der Waals surface area contributed by atoms with E-state index in [0.29, 0.717) is 11.5 Å². The Morgan fingerprint density at radius 2 is 2.13 bits per heavy atom. The van der Waals surface area contributed by atoms with Crippen LogP contribution in [0, 0.1) is 11.8 Å². The van der Waals surface area contributed by atoms with E-state index in [-0.39, 0.29) is 17.9 Å². The number of benzene rings is 1. The van der Waals surface area contributed by atoms with Gasteiger partial charge in [-0.2, -0.15) is 0 Å². The number of nitrogens with zero attached hydrogens (tertiary/aromatic N) is 1. The third-order valence-corrected chi connectivity index (χ3v) is 7.36. The Labute approximate surface area is 185 Å². The molecule has 2 aliphatic rings. The zero-order chi connectivity index (χ0) is 21.4. The number of methoxy groups -OCH3 is 3. The largest absolute Gasteiger partial charge is 0.504 e. The molecule has 7 heteroatoms. The van der Waals surface area contributed by atoms with Crippen molar-refractivity contribution in [2.24, 2.45) is 11.8 Å². The molecule has 30 heavy (non-hydrogen) atoms. The number of nitrogens with one attached hydrogen (secondary N) is 1. The average Bonchev–Trinajstić information content (AvgIpc) is 3.15. The smallest absolute Gasteiger partial charge is 0.337 e. The van der Waals surface area contributed by atoms with Crippen LogP contribution in [-0.4, -0.2) is 50.3 Å². The lowest BCUT2D eigenvalue weighted by Gasteiger charge is -2.46. The number of rotatable bonds is 5. The number of halogens is 1. The molecule has 0 radical (unpaired) electrons. The SMILES string of the molecule is CC[C@@H]1CN2CCc3c([nH]c4ccc(Br)c(OC)c34)[C@@H]2C[C@@H]1C(=COC)C(=O)OC. The fourth-order valence-corrected chi connectivity index (χ4v) is 5.82. The third kappa shape index (κ3) is 3.42. The van der Waals surface area contributed by atoms with Gasteiger partial charge in [0.05, 0.1) is 43.7 Å². The van der Waals surface area contributed by atoms with Crippen LogP contribution in [0.3, 0.4) is 0 Å². The standard InChI is InChI=1S/C23H29BrN2O4/c1-5-13-11-26-9-8-14-20-18(7-6-17(24)22(20)29-3)25-21(14)19(26)10-15(13)16(12-28-2)23(27)30-4/h6-7,12-13,15,19,25H,5,8-11H2,1-4H3/t13-,15+,19+/m1/s1. The maximum Gasteiger partial charge on any atom is 0.337 e. The van der Waals surface area contributed by atoms with Crippen LogP contribution in [0.4, 0.5) is 0 Å². The Kier molecular flexibility index (Phi) is 6.11. The van der Waals surface area contributed by atoms with E-state index >= 15 is 0 Å². The van der Waals surface area contributed by atoms with Crippen molar-refractivity contribution in [1.82, 2.24) is 9.88 Å². The molecule has 0 spiro atoms. The van der Waals surface area contributed by atoms with Crippen molar-refractivity contribution in [3.8, 4) is 5.75 Å². The molecule has 3 heterocycles. The van der Waals surface area contributed by atoms with E-state index in [9.17, 15) is 4.79 Å². The van der Waals surface area contributed by atoms with Gasteiger partial charge in [0.25, 0.3) is 0 Å². The maximum absolute atomic E-state index is 12.5. The summed E-state index contributed by atoms with van der Waals surface area (Å²) in [5.74, 6) is 1.06. The normalized spacial score (nSPS) is 24.3. The van der Waals surface area contributed by atoms with E-state index in [2.05, 4.69) is 38.8 Å². The Hall–Kier alpha value is -1.99. The Morgan fingerprint density at radius 1 is 1.33 bits per heavy atom. The Morgan fingerprint density at radius 3 is 2.80 bits per heavy atom. The van der Waals surface area contributed by atoms with Gasteiger partial charge in [-0.15, -0.1) is 0 Å². The zero-order valence-electron chi connectivity index (χ0n) is 18.0. The van der Waals surface area contributed by atoms with E-state index in [1.165, 1.54) is 18.4 Å². The summed E-state index contributed by atoms with van der Waals surface area (Å²) >= 11 is 3.62. The summed E-state index contributed by atoms with van der Waals surface area (Å²) in [5.41, 5.74) is 4.30. The number of carbonyl (C=O) groups is 1. The lowest BCUT2D eigenvalue weighted by Crippen LogP contribution is -2.47. The first-order chi connectivity index (χ1) is 14.5. The number of aromatic amines is 1. The van der Waals surface area contributed by atoms with Crippen molar-refractivity contribution >= 4 is 32.8 Å². The summed E-state index contributed by atoms with van der Waals surface area (Å²) in [4.78, 5) is 18.8. The predicted octanol–water partition coefficient (Wildman–Crippen LogP) is 4.59. The van der Waals surface area contributed by atoms with Gasteiger partial charge in [0, 0.05) is 29.7 Å². The highest BCUT2D eigenvalue weighted by molar-refractivity contribution is 9.10. The molecule has 0 aliphatic carbocycles. The van der Waals surface area contributed by atoms with Gasteiger partial charge >= 0.3 is 5.97 Å². The number of fused-ring (bicyclic) bond motifs is 5. The van der Waals surface area contributed by atoms with Crippen molar-refractivity contribution in [2.75, 3.05) is 34.4 Å². The molecule has 0 saturated carbocycles. The molecule has 2 aromatic rings. The Bertz CT molecular complexity index is 983. The molecule has 1 fully saturated rings. The number of hydrogen-bond donors (Lipinski definition) is 1. The van der Waals surface area contributed by atoms with Gasteiger partial charge in [0.1, 0.15) is 5.75 Å². The fourth-order valence-electron chi connectivity index (χ4n) is 5.33. The highest BCUT2D eigenvalue weighted by atomic mass is 79.9. The van der Waals surface area contributed by atoms with E-state index in [4.69, 9.17) is 14.2 Å². The second-order valence-electron chi connectivity index (χ2n) is 8.09. The first-order valence-corrected chi connectivity index (χ1v) is 11.2. The van der Waals surface area contributed by atoms with Crippen LogP contribution in [0.25, 0.3) is 10.9 Å². The van der Waals surface area contributed by atoms with Crippen LogP contribution in [0.1, 0.15) is 37.1 Å². The average molecular weight is 477 g/mol. The highest BCUT2D eigenvalue weighted by Crippen LogP contribution is 2.48. The van der Waals surface area contributed by atoms with Crippen LogP contribution in [0.15, 0.2) is 28.4 Å². The molecule has 162 valence electrons. The van der Waals surface area contributed by atoms with Crippen molar-refractivity contribution in [3.63, 3.8) is 0 Å². The topological polar surface area (TPSA) is 63.8 Å². The molecule has 0 unspecified atom stereocenters. The van der Waals surface area contributed by atoms with Crippen LogP contribution in [0.2, 0.25) is 0 Å². The quantitative estimate of drug-likeness (QED) is 0.388. The number of carbonyl (C=O) groups excluding carboxylic acids is 1. The van der Waals surface area contributed by atoms with Crippen LogP contribution in [0.5, 0.6) is 5.75 Å². The minimum atomic E-state index is -0.299. The number of esters is 1. The highest BCUT2D eigenvalue weighted by Gasteiger charge is 2.42. The molecule has 4 rings (SSSR count). The van der Waals surface area contributed by atoms with E-state index in [0.717, 1.165) is 53.5 Å². The summed E-state index contributed by atoms with van der Waals surface area (Å²) < 4.78 is 17.0. The molecule has 1 aromatic carbocycles. The van der Waals surface area contributed by atoms with Gasteiger partial charge in [-0.3, -0.25) is 4.90 Å². The molecule has 0 bridgehead atoms. The fraction of sp³-hybridized carbons (Fsp3) is 0.522. The van der Waals surface area contributed by atoms with Gasteiger partial charge < -0.3 is 19.2 Å². The van der Waals surface area contributed by atoms with Crippen molar-refractivity contribution in [3.05, 3.63) is 39.7 Å². The molecule has 1 N–H and O–H groups in total. The molecule has 6 nitrogen and oxygen atoms in total. The number of H-pyrrole nitrogens is 1. The second-order valence-corrected chi connectivity index (χ2v) is 8.95. The lowest BCUT2D eigenvalue weighted by atomic mass is 9.74. The maximum atomic E-state index is 12.5. The van der Waals surface area contributed by atoms with Gasteiger partial charge in [0.15, 0.2) is 0 Å². The Balaban J connectivity index is 1.78. The summed E-state index contributed by atoms with van der Waals surface area (Å²) in [6.07, 6.45) is 4.42.